The highest BCUT2D eigenvalue weighted by atomic mass is 16.6. The average Bonchev–Trinajstić information content (AvgIpc) is 2.19. The molecule has 4 N–H and O–H groups in total. The number of aromatic nitrogens is 2. The molecule has 0 atom stereocenters. The first-order valence-corrected chi connectivity index (χ1v) is 3.79. The van der Waals surface area contributed by atoms with Gasteiger partial charge in [0.05, 0.1) is 17.2 Å². The van der Waals surface area contributed by atoms with Gasteiger partial charge in [-0.25, -0.2) is 4.98 Å². The molecule has 0 bridgehead atoms. The maximum Gasteiger partial charge on any atom is 0.258 e. The Morgan fingerprint density at radius 3 is 3.00 bits per heavy atom. The number of aromatic hydroxyl groups is 1. The van der Waals surface area contributed by atoms with Crippen LogP contribution >= 0.6 is 0 Å². The third kappa shape index (κ3) is 1.17. The quantitative estimate of drug-likeness (QED) is 0.548. The normalized spacial score (nSPS) is 10.4. The molecule has 0 aliphatic heterocycles. The van der Waals surface area contributed by atoms with Crippen LogP contribution < -0.4 is 16.3 Å². The van der Waals surface area contributed by atoms with Crippen molar-refractivity contribution in [2.75, 3.05) is 0 Å². The van der Waals surface area contributed by atoms with Crippen LogP contribution in [0.4, 0.5) is 0 Å². The van der Waals surface area contributed by atoms with Gasteiger partial charge in [-0.05, 0) is 6.07 Å². The van der Waals surface area contributed by atoms with Gasteiger partial charge >= 0.3 is 0 Å². The first-order chi connectivity index (χ1) is 6.72. The van der Waals surface area contributed by atoms with Crippen LogP contribution in [0.2, 0.25) is 0 Å². The number of H-pyrrole nitrogens is 1. The van der Waals surface area contributed by atoms with Gasteiger partial charge in [-0.15, -0.1) is 0 Å². The third-order valence-electron chi connectivity index (χ3n) is 1.85. The number of nitrogens with two attached hydrogens (primary N) is 1. The summed E-state index contributed by atoms with van der Waals surface area (Å²) in [6.45, 7) is 0. The van der Waals surface area contributed by atoms with Crippen molar-refractivity contribution < 1.29 is 9.94 Å². The maximum absolute atomic E-state index is 11.3. The van der Waals surface area contributed by atoms with Crippen molar-refractivity contribution in [1.29, 1.82) is 0 Å². The van der Waals surface area contributed by atoms with Crippen molar-refractivity contribution in [2.24, 2.45) is 5.90 Å². The summed E-state index contributed by atoms with van der Waals surface area (Å²) in [5, 5.41) is 9.63. The fourth-order valence-corrected chi connectivity index (χ4v) is 1.18. The summed E-state index contributed by atoms with van der Waals surface area (Å²) in [7, 11) is 0. The van der Waals surface area contributed by atoms with Gasteiger partial charge < -0.3 is 14.9 Å². The van der Waals surface area contributed by atoms with Crippen molar-refractivity contribution in [1.82, 2.24) is 9.97 Å². The fraction of sp³-hybridized carbons (Fsp3) is 0. The molecule has 0 aliphatic carbocycles. The van der Waals surface area contributed by atoms with Crippen LogP contribution in [0, 0.1) is 0 Å². The monoisotopic (exact) mass is 193 g/mol. The molecule has 72 valence electrons. The SMILES string of the molecule is NOc1cc2nc[nH]c(=O)c2cc1O. The Morgan fingerprint density at radius 1 is 1.50 bits per heavy atom. The molecule has 0 fully saturated rings. The molecule has 0 unspecified atom stereocenters. The van der Waals surface area contributed by atoms with Gasteiger partial charge in [0, 0.05) is 6.07 Å². The van der Waals surface area contributed by atoms with E-state index in [1.54, 1.807) is 0 Å². The van der Waals surface area contributed by atoms with Gasteiger partial charge in [0.2, 0.25) is 0 Å². The minimum Gasteiger partial charge on any atom is -0.504 e. The van der Waals surface area contributed by atoms with E-state index in [9.17, 15) is 9.90 Å². The molecule has 0 aliphatic rings. The molecular formula is C8H7N3O3. The first-order valence-electron chi connectivity index (χ1n) is 3.79. The zero-order valence-electron chi connectivity index (χ0n) is 7.02. The molecule has 0 spiro atoms. The van der Waals surface area contributed by atoms with Gasteiger partial charge in [-0.3, -0.25) is 4.79 Å². The summed E-state index contributed by atoms with van der Waals surface area (Å²) in [6.07, 6.45) is 1.27. The van der Waals surface area contributed by atoms with E-state index in [-0.39, 0.29) is 22.4 Å². The average molecular weight is 193 g/mol. The van der Waals surface area contributed by atoms with E-state index in [1.807, 2.05) is 0 Å². The molecule has 1 aromatic heterocycles. The smallest absolute Gasteiger partial charge is 0.258 e. The van der Waals surface area contributed by atoms with Crippen LogP contribution in [0.5, 0.6) is 11.5 Å². The van der Waals surface area contributed by atoms with E-state index in [4.69, 9.17) is 5.90 Å². The number of hydrogen-bond acceptors (Lipinski definition) is 5. The van der Waals surface area contributed by atoms with Crippen LogP contribution in [-0.2, 0) is 0 Å². The predicted molar refractivity (Wildman–Crippen MR) is 48.8 cm³/mol. The summed E-state index contributed by atoms with van der Waals surface area (Å²) in [6, 6.07) is 2.64. The molecule has 2 aromatic rings. The number of nitrogens with zero attached hydrogens (tertiary/aromatic N) is 1. The van der Waals surface area contributed by atoms with Crippen molar-refractivity contribution in [3.05, 3.63) is 28.8 Å². The number of benzene rings is 1. The van der Waals surface area contributed by atoms with Crippen LogP contribution in [-0.4, -0.2) is 15.1 Å². The summed E-state index contributed by atoms with van der Waals surface area (Å²) >= 11 is 0. The Bertz CT molecular complexity index is 535. The molecule has 1 aromatic carbocycles. The molecular weight excluding hydrogens is 186 g/mol. The van der Waals surface area contributed by atoms with Crippen molar-refractivity contribution in [3.63, 3.8) is 0 Å². The van der Waals surface area contributed by atoms with Gasteiger partial charge in [0.15, 0.2) is 11.5 Å². The molecule has 0 radical (unpaired) electrons. The lowest BCUT2D eigenvalue weighted by atomic mass is 10.2. The standard InChI is InChI=1S/C8H7N3O3/c9-14-7-2-5-4(1-6(7)12)8(13)11-3-10-5/h1-3,12H,9H2,(H,10,11,13). The van der Waals surface area contributed by atoms with E-state index in [1.165, 1.54) is 18.5 Å². The lowest BCUT2D eigenvalue weighted by molar-refractivity contribution is 0.313. The Labute approximate surface area is 77.9 Å². The molecule has 2 rings (SSSR count). The number of hydrogen-bond donors (Lipinski definition) is 3. The summed E-state index contributed by atoms with van der Waals surface area (Å²) in [5.41, 5.74) is 0.0841. The summed E-state index contributed by atoms with van der Waals surface area (Å²) in [4.78, 5) is 21.9. The Hall–Kier alpha value is -2.08. The minimum atomic E-state index is -0.325. The minimum absolute atomic E-state index is 0.0793. The second-order valence-corrected chi connectivity index (χ2v) is 2.69. The maximum atomic E-state index is 11.3. The van der Waals surface area contributed by atoms with Gasteiger partial charge in [-0.2, -0.15) is 5.90 Å². The molecule has 14 heavy (non-hydrogen) atoms. The van der Waals surface area contributed by atoms with Crippen LogP contribution in [0.1, 0.15) is 0 Å². The number of phenols is 1. The number of fused-ring (bicyclic) bond motifs is 1. The molecule has 6 heteroatoms. The zero-order chi connectivity index (χ0) is 10.1. The van der Waals surface area contributed by atoms with Crippen LogP contribution in [0.25, 0.3) is 10.9 Å². The Balaban J connectivity index is 2.86. The molecule has 6 nitrogen and oxygen atoms in total. The van der Waals surface area contributed by atoms with Gasteiger partial charge in [-0.1, -0.05) is 0 Å². The van der Waals surface area contributed by atoms with E-state index in [0.717, 1.165) is 0 Å². The Kier molecular flexibility index (Phi) is 1.83. The van der Waals surface area contributed by atoms with Crippen molar-refractivity contribution in [2.45, 2.75) is 0 Å². The van der Waals surface area contributed by atoms with E-state index in [0.29, 0.717) is 5.52 Å². The van der Waals surface area contributed by atoms with Gasteiger partial charge in [0.1, 0.15) is 0 Å². The highest BCUT2D eigenvalue weighted by Crippen LogP contribution is 2.27. The molecule has 0 amide bonds. The lowest BCUT2D eigenvalue weighted by Crippen LogP contribution is -2.07. The fourth-order valence-electron chi connectivity index (χ4n) is 1.18. The molecule has 0 saturated carbocycles. The largest absolute Gasteiger partial charge is 0.504 e. The van der Waals surface area contributed by atoms with Crippen LogP contribution in [0.3, 0.4) is 0 Å². The first kappa shape index (κ1) is 8.52. The second-order valence-electron chi connectivity index (χ2n) is 2.69. The van der Waals surface area contributed by atoms with Crippen molar-refractivity contribution >= 4 is 10.9 Å². The lowest BCUT2D eigenvalue weighted by Gasteiger charge is -2.02. The summed E-state index contributed by atoms with van der Waals surface area (Å²) < 4.78 is 0. The molecule has 1 heterocycles. The summed E-state index contributed by atoms with van der Waals surface area (Å²) in [5.74, 6) is 4.79. The second kappa shape index (κ2) is 3.00. The predicted octanol–water partition coefficient (Wildman–Crippen LogP) is -0.119. The highest BCUT2D eigenvalue weighted by Gasteiger charge is 2.07. The number of phenolic OH excluding ortho intramolecular Hbond substituents is 1. The van der Waals surface area contributed by atoms with Crippen molar-refractivity contribution in [3.8, 4) is 11.5 Å². The number of rotatable bonds is 1. The van der Waals surface area contributed by atoms with E-state index in [2.05, 4.69) is 14.8 Å². The van der Waals surface area contributed by atoms with E-state index < -0.39 is 0 Å². The van der Waals surface area contributed by atoms with Crippen LogP contribution in [0.15, 0.2) is 23.3 Å². The zero-order valence-corrected chi connectivity index (χ0v) is 7.02. The topological polar surface area (TPSA) is 101 Å². The Morgan fingerprint density at radius 2 is 2.29 bits per heavy atom. The third-order valence-corrected chi connectivity index (χ3v) is 1.85. The number of aromatic amines is 1. The molecule has 0 saturated heterocycles. The van der Waals surface area contributed by atoms with Gasteiger partial charge in [0.25, 0.3) is 5.56 Å². The highest BCUT2D eigenvalue weighted by molar-refractivity contribution is 5.81. The number of nitrogens with one attached hydrogen (secondary N) is 1. The van der Waals surface area contributed by atoms with E-state index >= 15 is 0 Å².